The zero-order chi connectivity index (χ0) is 27.2. The molecule has 10 heteroatoms. The van der Waals surface area contributed by atoms with Crippen LogP contribution in [0, 0.1) is 11.7 Å². The number of pyridine rings is 1. The van der Waals surface area contributed by atoms with Gasteiger partial charge in [0, 0.05) is 27.1 Å². The molecular weight excluding hydrogens is 525 g/mol. The Morgan fingerprint density at radius 1 is 1.13 bits per heavy atom. The van der Waals surface area contributed by atoms with Crippen LogP contribution in [0.5, 0.6) is 5.75 Å². The number of carbonyl (C=O) groups is 1. The summed E-state index contributed by atoms with van der Waals surface area (Å²) in [5.74, 6) is -0.851. The minimum absolute atomic E-state index is 0.0548. The van der Waals surface area contributed by atoms with Crippen molar-refractivity contribution in [2.45, 2.75) is 40.2 Å². The second kappa shape index (κ2) is 12.5. The third kappa shape index (κ3) is 6.94. The first kappa shape index (κ1) is 27.7. The van der Waals surface area contributed by atoms with Gasteiger partial charge in [-0.05, 0) is 61.9 Å². The van der Waals surface area contributed by atoms with Crippen molar-refractivity contribution in [3.8, 4) is 27.4 Å². The van der Waals surface area contributed by atoms with Crippen molar-refractivity contribution in [1.29, 1.82) is 0 Å². The van der Waals surface area contributed by atoms with Crippen molar-refractivity contribution >= 4 is 39.6 Å². The van der Waals surface area contributed by atoms with Crippen LogP contribution in [0.2, 0.25) is 0 Å². The van der Waals surface area contributed by atoms with Crippen LogP contribution in [0.3, 0.4) is 0 Å². The van der Waals surface area contributed by atoms with E-state index in [0.717, 1.165) is 21.7 Å². The van der Waals surface area contributed by atoms with Crippen molar-refractivity contribution in [3.63, 3.8) is 0 Å². The minimum Gasteiger partial charge on any atom is -0.488 e. The quantitative estimate of drug-likeness (QED) is 0.175. The molecule has 0 aliphatic rings. The zero-order valence-electron chi connectivity index (χ0n) is 21.7. The summed E-state index contributed by atoms with van der Waals surface area (Å²) in [6.07, 6.45) is 2.47. The molecule has 3 aromatic heterocycles. The first-order valence-corrected chi connectivity index (χ1v) is 14.0. The summed E-state index contributed by atoms with van der Waals surface area (Å²) in [4.78, 5) is 23.1. The Hall–Kier alpha value is -3.34. The maximum absolute atomic E-state index is 14.5. The number of anilines is 2. The van der Waals surface area contributed by atoms with Gasteiger partial charge in [0.25, 0.3) is 0 Å². The number of carboxylic acid groups (broad SMARTS) is 1. The van der Waals surface area contributed by atoms with Gasteiger partial charge in [0.2, 0.25) is 0 Å². The number of carboxylic acids is 1. The Bertz CT molecular complexity index is 1390. The van der Waals surface area contributed by atoms with Gasteiger partial charge in [0.1, 0.15) is 18.0 Å². The van der Waals surface area contributed by atoms with Crippen molar-refractivity contribution in [3.05, 3.63) is 64.2 Å². The van der Waals surface area contributed by atoms with E-state index in [1.165, 1.54) is 28.7 Å². The number of rotatable bonds is 12. The van der Waals surface area contributed by atoms with Crippen molar-refractivity contribution in [1.82, 2.24) is 9.97 Å². The van der Waals surface area contributed by atoms with Gasteiger partial charge in [-0.3, -0.25) is 0 Å². The number of ether oxygens (including phenoxy) is 2. The van der Waals surface area contributed by atoms with Crippen molar-refractivity contribution in [2.75, 3.05) is 18.5 Å². The molecule has 2 N–H and O–H groups in total. The highest BCUT2D eigenvalue weighted by Gasteiger charge is 2.20. The van der Waals surface area contributed by atoms with Gasteiger partial charge >= 0.3 is 5.97 Å². The number of thiazole rings is 1. The zero-order valence-corrected chi connectivity index (χ0v) is 23.3. The predicted molar refractivity (Wildman–Crippen MR) is 150 cm³/mol. The van der Waals surface area contributed by atoms with Crippen LogP contribution in [0.15, 0.2) is 48.0 Å². The van der Waals surface area contributed by atoms with Gasteiger partial charge in [-0.25, -0.2) is 19.2 Å². The number of thiophene rings is 1. The fraction of sp³-hybridized carbons (Fsp3) is 0.321. The first-order chi connectivity index (χ1) is 18.2. The summed E-state index contributed by atoms with van der Waals surface area (Å²) < 4.78 is 25.6. The summed E-state index contributed by atoms with van der Waals surface area (Å²) in [6.45, 7) is 8.66. The summed E-state index contributed by atoms with van der Waals surface area (Å²) in [6, 6.07) is 10.1. The molecule has 0 unspecified atom stereocenters. The molecule has 0 saturated carbocycles. The maximum atomic E-state index is 14.5. The van der Waals surface area contributed by atoms with Crippen LogP contribution in [0.4, 0.5) is 15.3 Å². The average Bonchev–Trinajstić information content (AvgIpc) is 3.53. The highest BCUT2D eigenvalue weighted by atomic mass is 32.1. The smallest absolute Gasteiger partial charge is 0.339 e. The van der Waals surface area contributed by atoms with E-state index in [9.17, 15) is 14.3 Å². The first-order valence-electron chi connectivity index (χ1n) is 12.3. The number of hydrogen-bond donors (Lipinski definition) is 2. The molecule has 0 aliphatic heterocycles. The van der Waals surface area contributed by atoms with Gasteiger partial charge in [-0.15, -0.1) is 22.7 Å². The molecule has 0 fully saturated rings. The van der Waals surface area contributed by atoms with E-state index in [0.29, 0.717) is 28.9 Å². The second-order valence-electron chi connectivity index (χ2n) is 9.33. The number of nitrogens with one attached hydrogen (secondary N) is 1. The number of hydrogen-bond acceptors (Lipinski definition) is 8. The van der Waals surface area contributed by atoms with Crippen LogP contribution < -0.4 is 10.1 Å². The number of halogens is 1. The van der Waals surface area contributed by atoms with E-state index in [1.54, 1.807) is 24.4 Å². The molecular formula is C28H30FN3O4S2. The normalized spacial score (nSPS) is 11.3. The Morgan fingerprint density at radius 2 is 1.95 bits per heavy atom. The Balaban J connectivity index is 1.63. The molecule has 0 aliphatic carbocycles. The summed E-state index contributed by atoms with van der Waals surface area (Å²) in [5, 5.41) is 15.4. The average molecular weight is 556 g/mol. The molecule has 0 spiro atoms. The van der Waals surface area contributed by atoms with E-state index in [1.807, 2.05) is 31.4 Å². The number of aromatic nitrogens is 2. The number of nitrogens with zero attached hydrogens (tertiary/aromatic N) is 2. The fourth-order valence-electron chi connectivity index (χ4n) is 3.74. The molecule has 4 rings (SSSR count). The van der Waals surface area contributed by atoms with Crippen LogP contribution in [0.25, 0.3) is 21.7 Å². The summed E-state index contributed by atoms with van der Waals surface area (Å²) in [7, 11) is 0. The third-order valence-corrected chi connectivity index (χ3v) is 7.35. The van der Waals surface area contributed by atoms with Crippen LogP contribution in [-0.2, 0) is 11.2 Å². The molecule has 0 amide bonds. The number of benzene rings is 1. The standard InChI is InChI=1S/C28H30FN3O4S2/c1-16(2)12-24-25(18-7-8-21(29)22(14-18)36-10-9-35-17(3)4)31-28(38-24)32-26-20(27(33)34)13-19(15-30-26)23-6-5-11-37-23/h5-8,11,13-17H,9-10,12H2,1-4H3,(H,33,34)(H,30,31,32). The maximum Gasteiger partial charge on any atom is 0.339 e. The fourth-order valence-corrected chi connectivity index (χ4v) is 5.65. The molecule has 0 atom stereocenters. The Morgan fingerprint density at radius 3 is 2.63 bits per heavy atom. The molecule has 3 heterocycles. The minimum atomic E-state index is -1.08. The molecule has 0 radical (unpaired) electrons. The highest BCUT2D eigenvalue weighted by Crippen LogP contribution is 2.37. The topological polar surface area (TPSA) is 93.6 Å². The highest BCUT2D eigenvalue weighted by molar-refractivity contribution is 7.16. The van der Waals surface area contributed by atoms with E-state index in [2.05, 4.69) is 24.1 Å². The molecule has 7 nitrogen and oxygen atoms in total. The van der Waals surface area contributed by atoms with E-state index in [4.69, 9.17) is 14.5 Å². The van der Waals surface area contributed by atoms with Gasteiger partial charge in [-0.2, -0.15) is 0 Å². The molecule has 1 aromatic carbocycles. The lowest BCUT2D eigenvalue weighted by Crippen LogP contribution is -2.11. The van der Waals surface area contributed by atoms with Gasteiger partial charge in [-0.1, -0.05) is 19.9 Å². The van der Waals surface area contributed by atoms with Crippen molar-refractivity contribution < 1.29 is 23.8 Å². The van der Waals surface area contributed by atoms with E-state index < -0.39 is 11.8 Å². The number of aromatic carboxylic acids is 1. The second-order valence-corrected chi connectivity index (χ2v) is 11.4. The summed E-state index contributed by atoms with van der Waals surface area (Å²) in [5.41, 5.74) is 2.20. The molecule has 0 bridgehead atoms. The van der Waals surface area contributed by atoms with Gasteiger partial charge in [0.05, 0.1) is 18.4 Å². The van der Waals surface area contributed by atoms with Crippen LogP contribution >= 0.6 is 22.7 Å². The molecule has 200 valence electrons. The van der Waals surface area contributed by atoms with Crippen molar-refractivity contribution in [2.24, 2.45) is 5.92 Å². The summed E-state index contributed by atoms with van der Waals surface area (Å²) >= 11 is 2.94. The van der Waals surface area contributed by atoms with Gasteiger partial charge < -0.3 is 19.9 Å². The third-order valence-electron chi connectivity index (χ3n) is 5.44. The SMILES string of the molecule is CC(C)Cc1sc(Nc2ncc(-c3cccs3)cc2C(=O)O)nc1-c1ccc(F)c(OCCOC(C)C)c1. The lowest BCUT2D eigenvalue weighted by molar-refractivity contribution is 0.0544. The van der Waals surface area contributed by atoms with E-state index in [-0.39, 0.29) is 29.8 Å². The molecule has 0 saturated heterocycles. The Kier molecular flexibility index (Phi) is 9.09. The Labute approximate surface area is 229 Å². The van der Waals surface area contributed by atoms with Gasteiger partial charge in [0.15, 0.2) is 16.7 Å². The molecule has 38 heavy (non-hydrogen) atoms. The van der Waals surface area contributed by atoms with E-state index >= 15 is 0 Å². The lowest BCUT2D eigenvalue weighted by atomic mass is 10.0. The van der Waals surface area contributed by atoms with Crippen LogP contribution in [0.1, 0.15) is 42.9 Å². The predicted octanol–water partition coefficient (Wildman–Crippen LogP) is 7.52. The lowest BCUT2D eigenvalue weighted by Gasteiger charge is -2.11. The monoisotopic (exact) mass is 555 g/mol. The largest absolute Gasteiger partial charge is 0.488 e. The van der Waals surface area contributed by atoms with Crippen LogP contribution in [-0.4, -0.2) is 40.4 Å². The molecule has 4 aromatic rings.